The molecule has 0 aromatic rings. The average Bonchev–Trinajstić information content (AvgIpc) is 2.23. The second-order valence-electron chi connectivity index (χ2n) is 5.09. The Balaban J connectivity index is 3.95. The Morgan fingerprint density at radius 1 is 0.842 bits per heavy atom. The minimum atomic E-state index is -4.34. The van der Waals surface area contributed by atoms with Gasteiger partial charge in [-0.15, -0.1) is 0 Å². The average molecular weight is 286 g/mol. The predicted octanol–water partition coefficient (Wildman–Crippen LogP) is 3.33. The summed E-state index contributed by atoms with van der Waals surface area (Å²) in [6.45, 7) is 2.09. The zero-order valence-corrected chi connectivity index (χ0v) is 11.4. The highest BCUT2D eigenvalue weighted by atomic mass is 19.4. The summed E-state index contributed by atoms with van der Waals surface area (Å²) in [6.07, 6.45) is -0.0203. The molecule has 0 radical (unpaired) electrons. The van der Waals surface area contributed by atoms with Crippen LogP contribution in [0.25, 0.3) is 0 Å². The van der Waals surface area contributed by atoms with Crippen LogP contribution in [0.4, 0.5) is 13.2 Å². The zero-order valence-electron chi connectivity index (χ0n) is 11.4. The van der Waals surface area contributed by atoms with Crippen LogP contribution in [0.2, 0.25) is 0 Å². The van der Waals surface area contributed by atoms with Crippen LogP contribution in [0.5, 0.6) is 0 Å². The van der Waals surface area contributed by atoms with E-state index in [0.29, 0.717) is 6.42 Å². The van der Waals surface area contributed by atoms with Crippen molar-refractivity contribution < 1.29 is 28.5 Å². The molecule has 19 heavy (non-hydrogen) atoms. The minimum Gasteiger partial charge on any atom is -0.343 e. The van der Waals surface area contributed by atoms with Gasteiger partial charge in [0, 0.05) is 12.3 Å². The van der Waals surface area contributed by atoms with E-state index in [1.807, 2.05) is 0 Å². The normalized spacial score (nSPS) is 14.7. The first-order valence-electron chi connectivity index (χ1n) is 6.90. The summed E-state index contributed by atoms with van der Waals surface area (Å²) in [5.74, 6) is -4.17. The lowest BCUT2D eigenvalue weighted by molar-refractivity contribution is -0.345. The number of hydrogen-bond acceptors (Lipinski definition) is 3. The molecule has 3 N–H and O–H groups in total. The molecule has 3 nitrogen and oxygen atoms in total. The van der Waals surface area contributed by atoms with Crippen molar-refractivity contribution in [3.05, 3.63) is 0 Å². The van der Waals surface area contributed by atoms with E-state index in [4.69, 9.17) is 15.3 Å². The lowest BCUT2D eigenvalue weighted by Gasteiger charge is -2.26. The minimum absolute atomic E-state index is 0.186. The van der Waals surface area contributed by atoms with Crippen LogP contribution in [0.15, 0.2) is 0 Å². The van der Waals surface area contributed by atoms with Gasteiger partial charge >= 0.3 is 6.18 Å². The number of halogens is 3. The third kappa shape index (κ3) is 11.2. The second-order valence-corrected chi connectivity index (χ2v) is 5.09. The van der Waals surface area contributed by atoms with Crippen molar-refractivity contribution in [2.45, 2.75) is 76.9 Å². The molecule has 0 aromatic carbocycles. The first-order chi connectivity index (χ1) is 8.67. The number of unbranched alkanes of at least 4 members (excludes halogenated alkanes) is 5. The molecule has 0 rings (SSSR count). The van der Waals surface area contributed by atoms with Gasteiger partial charge in [-0.3, -0.25) is 0 Å². The molecule has 0 aliphatic carbocycles. The summed E-state index contributed by atoms with van der Waals surface area (Å²) in [4.78, 5) is 0. The number of rotatable bonds is 10. The smallest absolute Gasteiger partial charge is 0.343 e. The molecule has 0 bridgehead atoms. The summed E-state index contributed by atoms with van der Waals surface area (Å²) in [6, 6.07) is 0. The molecule has 0 amide bonds. The van der Waals surface area contributed by atoms with E-state index >= 15 is 0 Å². The van der Waals surface area contributed by atoms with Crippen molar-refractivity contribution in [1.29, 1.82) is 0 Å². The monoisotopic (exact) mass is 286 g/mol. The molecule has 0 aliphatic rings. The molecule has 6 heteroatoms. The summed E-state index contributed by atoms with van der Waals surface area (Å²) in [5, 5.41) is 27.2. The van der Waals surface area contributed by atoms with Crippen LogP contribution >= 0.6 is 0 Å². The fourth-order valence-electron chi connectivity index (χ4n) is 2.04. The summed E-state index contributed by atoms with van der Waals surface area (Å²) in [5.41, 5.74) is 0. The van der Waals surface area contributed by atoms with Gasteiger partial charge in [0.1, 0.15) is 0 Å². The zero-order chi connectivity index (χ0) is 14.9. The van der Waals surface area contributed by atoms with Crippen molar-refractivity contribution in [3.63, 3.8) is 0 Å². The number of aliphatic hydroxyl groups is 3. The molecule has 0 aromatic heterocycles. The van der Waals surface area contributed by atoms with E-state index in [1.54, 1.807) is 0 Å². The van der Waals surface area contributed by atoms with Crippen molar-refractivity contribution in [2.75, 3.05) is 0 Å². The Kier molecular flexibility index (Phi) is 8.61. The molecule has 1 atom stereocenters. The maximum absolute atomic E-state index is 12.1. The van der Waals surface area contributed by atoms with Crippen molar-refractivity contribution >= 4 is 0 Å². The van der Waals surface area contributed by atoms with Crippen molar-refractivity contribution in [1.82, 2.24) is 0 Å². The van der Waals surface area contributed by atoms with Crippen LogP contribution in [0, 0.1) is 5.92 Å². The lowest BCUT2D eigenvalue weighted by atomic mass is 9.93. The molecule has 116 valence electrons. The highest BCUT2D eigenvalue weighted by Gasteiger charge is 2.36. The van der Waals surface area contributed by atoms with E-state index in [-0.39, 0.29) is 6.42 Å². The Bertz CT molecular complexity index is 224. The number of alkyl halides is 3. The molecule has 0 saturated carbocycles. The highest BCUT2D eigenvalue weighted by Crippen LogP contribution is 2.30. The Morgan fingerprint density at radius 2 is 1.37 bits per heavy atom. The van der Waals surface area contributed by atoms with Gasteiger partial charge in [-0.05, 0) is 12.8 Å². The van der Waals surface area contributed by atoms with Gasteiger partial charge in [0.2, 0.25) is 0 Å². The van der Waals surface area contributed by atoms with E-state index in [1.165, 1.54) is 0 Å². The standard InChI is InChI=1S/C13H25F3O3/c1-2-3-4-5-6-7-8-11(13(17,18)19)9-10-12(14,15)16/h11,17-19H,2-10H2,1H3. The topological polar surface area (TPSA) is 60.7 Å². The predicted molar refractivity (Wildman–Crippen MR) is 66.2 cm³/mol. The third-order valence-electron chi connectivity index (χ3n) is 3.23. The van der Waals surface area contributed by atoms with E-state index in [0.717, 1.165) is 32.1 Å². The van der Waals surface area contributed by atoms with Gasteiger partial charge < -0.3 is 15.3 Å². The van der Waals surface area contributed by atoms with Crippen LogP contribution in [-0.4, -0.2) is 27.5 Å². The lowest BCUT2D eigenvalue weighted by Crippen LogP contribution is -2.38. The van der Waals surface area contributed by atoms with E-state index in [2.05, 4.69) is 6.92 Å². The fourth-order valence-corrected chi connectivity index (χ4v) is 2.04. The first-order valence-corrected chi connectivity index (χ1v) is 6.90. The first kappa shape index (κ1) is 18.7. The fraction of sp³-hybridized carbons (Fsp3) is 1.00. The van der Waals surface area contributed by atoms with Gasteiger partial charge in [-0.2, -0.15) is 13.2 Å². The van der Waals surface area contributed by atoms with Crippen LogP contribution < -0.4 is 0 Å². The molecular formula is C13H25F3O3. The number of hydrogen-bond donors (Lipinski definition) is 3. The van der Waals surface area contributed by atoms with Gasteiger partial charge in [0.25, 0.3) is 5.97 Å². The molecule has 0 fully saturated rings. The molecule has 1 unspecified atom stereocenters. The Hall–Kier alpha value is -0.330. The van der Waals surface area contributed by atoms with Crippen molar-refractivity contribution in [3.8, 4) is 0 Å². The van der Waals surface area contributed by atoms with E-state index < -0.39 is 30.9 Å². The van der Waals surface area contributed by atoms with Crippen LogP contribution in [0.3, 0.4) is 0 Å². The maximum Gasteiger partial charge on any atom is 0.389 e. The SMILES string of the molecule is CCCCCCCCC(CCC(F)(F)F)C(O)(O)O. The van der Waals surface area contributed by atoms with Gasteiger partial charge in [0.05, 0.1) is 0 Å². The summed E-state index contributed by atoms with van der Waals surface area (Å²) in [7, 11) is 0. The molecule has 0 aliphatic heterocycles. The molecule has 0 heterocycles. The molecular weight excluding hydrogens is 261 g/mol. The maximum atomic E-state index is 12.1. The summed E-state index contributed by atoms with van der Waals surface area (Å²) >= 11 is 0. The van der Waals surface area contributed by atoms with E-state index in [9.17, 15) is 13.2 Å². The molecule has 0 saturated heterocycles. The van der Waals surface area contributed by atoms with Crippen LogP contribution in [-0.2, 0) is 0 Å². The van der Waals surface area contributed by atoms with Crippen LogP contribution in [0.1, 0.15) is 64.7 Å². The second kappa shape index (κ2) is 8.76. The molecule has 0 spiro atoms. The quantitative estimate of drug-likeness (QED) is 0.426. The van der Waals surface area contributed by atoms with Gasteiger partial charge in [-0.1, -0.05) is 45.4 Å². The van der Waals surface area contributed by atoms with Gasteiger partial charge in [0.15, 0.2) is 0 Å². The largest absolute Gasteiger partial charge is 0.389 e. The highest BCUT2D eigenvalue weighted by molar-refractivity contribution is 4.68. The summed E-state index contributed by atoms with van der Waals surface area (Å²) < 4.78 is 36.3. The Labute approximate surface area is 112 Å². The van der Waals surface area contributed by atoms with Gasteiger partial charge in [-0.25, -0.2) is 0 Å². The third-order valence-corrected chi connectivity index (χ3v) is 3.23. The van der Waals surface area contributed by atoms with Crippen molar-refractivity contribution in [2.24, 2.45) is 5.92 Å². The Morgan fingerprint density at radius 3 is 1.84 bits per heavy atom.